The van der Waals surface area contributed by atoms with Crippen LogP contribution in [0.25, 0.3) is 10.9 Å². The predicted molar refractivity (Wildman–Crippen MR) is 102 cm³/mol. The molecule has 2 aromatic carbocycles. The number of amides is 1. The highest BCUT2D eigenvalue weighted by molar-refractivity contribution is 5.93. The highest BCUT2D eigenvalue weighted by Crippen LogP contribution is 2.18. The van der Waals surface area contributed by atoms with Crippen molar-refractivity contribution in [2.24, 2.45) is 5.16 Å². The van der Waals surface area contributed by atoms with Crippen molar-refractivity contribution in [2.75, 3.05) is 0 Å². The van der Waals surface area contributed by atoms with Crippen LogP contribution < -0.4 is 5.32 Å². The molecule has 1 amide bonds. The van der Waals surface area contributed by atoms with E-state index in [4.69, 9.17) is 4.84 Å². The Kier molecular flexibility index (Phi) is 4.87. The molecule has 27 heavy (non-hydrogen) atoms. The van der Waals surface area contributed by atoms with Gasteiger partial charge in [-0.2, -0.15) is 0 Å². The lowest BCUT2D eigenvalue weighted by Gasteiger charge is -2.08. The van der Waals surface area contributed by atoms with E-state index in [-0.39, 0.29) is 11.7 Å². The number of nitrogens with zero attached hydrogens (tertiary/aromatic N) is 1. The normalized spacial score (nSPS) is 16.2. The van der Waals surface area contributed by atoms with Crippen LogP contribution in [-0.4, -0.2) is 22.7 Å². The summed E-state index contributed by atoms with van der Waals surface area (Å²) in [6.45, 7) is 0.328. The number of hydrogen-bond acceptors (Lipinski definition) is 3. The van der Waals surface area contributed by atoms with Gasteiger partial charge in [-0.1, -0.05) is 35.5 Å². The highest BCUT2D eigenvalue weighted by Gasteiger charge is 2.27. The first-order valence-electron chi connectivity index (χ1n) is 8.98. The van der Waals surface area contributed by atoms with E-state index in [1.807, 2.05) is 24.3 Å². The second-order valence-electron chi connectivity index (χ2n) is 6.69. The first-order valence-corrected chi connectivity index (χ1v) is 8.98. The molecular weight excluding hydrogens is 345 g/mol. The number of hydrogen-bond donors (Lipinski definition) is 2. The molecule has 3 aromatic rings. The van der Waals surface area contributed by atoms with E-state index in [1.165, 1.54) is 17.7 Å². The van der Waals surface area contributed by atoms with Gasteiger partial charge in [-0.3, -0.25) is 4.79 Å². The van der Waals surface area contributed by atoms with Gasteiger partial charge in [-0.05, 0) is 42.7 Å². The SMILES string of the molecule is O=C(NCc1cc2cc(F)ccc2[nH]1)[C@H]1CC(CCc2ccccc2)=NO1. The van der Waals surface area contributed by atoms with Crippen molar-refractivity contribution in [2.45, 2.75) is 31.9 Å². The molecule has 0 aliphatic carbocycles. The largest absolute Gasteiger partial charge is 0.382 e. The number of H-pyrrole nitrogens is 1. The number of aryl methyl sites for hydroxylation is 1. The smallest absolute Gasteiger partial charge is 0.264 e. The van der Waals surface area contributed by atoms with Crippen LogP contribution in [0.1, 0.15) is 24.1 Å². The predicted octanol–water partition coefficient (Wildman–Crippen LogP) is 3.70. The monoisotopic (exact) mass is 365 g/mol. The summed E-state index contributed by atoms with van der Waals surface area (Å²) in [6, 6.07) is 16.5. The van der Waals surface area contributed by atoms with Gasteiger partial charge >= 0.3 is 0 Å². The summed E-state index contributed by atoms with van der Waals surface area (Å²) in [5.41, 5.74) is 3.79. The highest BCUT2D eigenvalue weighted by atomic mass is 19.1. The number of oxime groups is 1. The summed E-state index contributed by atoms with van der Waals surface area (Å²) in [4.78, 5) is 20.8. The van der Waals surface area contributed by atoms with E-state index >= 15 is 0 Å². The lowest BCUT2D eigenvalue weighted by Crippen LogP contribution is -2.34. The minimum atomic E-state index is -0.586. The van der Waals surface area contributed by atoms with Gasteiger partial charge in [-0.15, -0.1) is 0 Å². The van der Waals surface area contributed by atoms with Crippen LogP contribution in [0.4, 0.5) is 4.39 Å². The number of aromatic nitrogens is 1. The van der Waals surface area contributed by atoms with Gasteiger partial charge in [0.05, 0.1) is 12.3 Å². The van der Waals surface area contributed by atoms with Crippen LogP contribution in [0.2, 0.25) is 0 Å². The molecule has 2 heterocycles. The molecule has 4 rings (SSSR count). The molecule has 2 N–H and O–H groups in total. The Bertz CT molecular complexity index is 982. The fraction of sp³-hybridized carbons (Fsp3) is 0.238. The first kappa shape index (κ1) is 17.3. The van der Waals surface area contributed by atoms with Crippen molar-refractivity contribution in [3.05, 3.63) is 71.7 Å². The van der Waals surface area contributed by atoms with Crippen LogP contribution in [0.3, 0.4) is 0 Å². The van der Waals surface area contributed by atoms with Crippen molar-refractivity contribution in [3.63, 3.8) is 0 Å². The maximum atomic E-state index is 13.3. The Morgan fingerprint density at radius 2 is 2.04 bits per heavy atom. The molecule has 0 saturated carbocycles. The Balaban J connectivity index is 1.26. The van der Waals surface area contributed by atoms with E-state index in [1.54, 1.807) is 6.07 Å². The Hall–Kier alpha value is -3.15. The Morgan fingerprint density at radius 1 is 1.19 bits per heavy atom. The summed E-state index contributed by atoms with van der Waals surface area (Å²) in [5, 5.41) is 7.69. The van der Waals surface area contributed by atoms with Crippen LogP contribution in [0.5, 0.6) is 0 Å². The zero-order valence-electron chi connectivity index (χ0n) is 14.7. The van der Waals surface area contributed by atoms with Crippen LogP contribution in [-0.2, 0) is 22.6 Å². The lowest BCUT2D eigenvalue weighted by atomic mass is 10.0. The van der Waals surface area contributed by atoms with E-state index in [0.29, 0.717) is 13.0 Å². The standard InChI is InChI=1S/C21H20FN3O2/c22-16-7-9-19-15(10-16)11-18(24-19)13-23-21(26)20-12-17(25-27-20)8-6-14-4-2-1-3-5-14/h1-5,7,9-11,20,24H,6,8,12-13H2,(H,23,26)/t20-/m1/s1. The molecule has 5 nitrogen and oxygen atoms in total. The van der Waals surface area contributed by atoms with Crippen molar-refractivity contribution in [1.29, 1.82) is 0 Å². The van der Waals surface area contributed by atoms with Crippen LogP contribution >= 0.6 is 0 Å². The van der Waals surface area contributed by atoms with Crippen molar-refractivity contribution >= 4 is 22.5 Å². The fourth-order valence-electron chi connectivity index (χ4n) is 3.20. The number of aromatic amines is 1. The third-order valence-electron chi connectivity index (χ3n) is 4.66. The second-order valence-corrected chi connectivity index (χ2v) is 6.69. The third kappa shape index (κ3) is 4.16. The van der Waals surface area contributed by atoms with Gasteiger partial charge in [0.1, 0.15) is 5.82 Å². The number of carbonyl (C=O) groups is 1. The van der Waals surface area contributed by atoms with Gasteiger partial charge in [0.25, 0.3) is 5.91 Å². The topological polar surface area (TPSA) is 66.5 Å². The van der Waals surface area contributed by atoms with E-state index in [2.05, 4.69) is 27.6 Å². The average Bonchev–Trinajstić information content (AvgIpc) is 3.31. The zero-order chi connectivity index (χ0) is 18.6. The first-order chi connectivity index (χ1) is 13.2. The van der Waals surface area contributed by atoms with Gasteiger partial charge < -0.3 is 15.1 Å². The molecule has 6 heteroatoms. The van der Waals surface area contributed by atoms with Crippen LogP contribution in [0.15, 0.2) is 59.8 Å². The molecule has 0 unspecified atom stereocenters. The summed E-state index contributed by atoms with van der Waals surface area (Å²) in [5.74, 6) is -0.477. The van der Waals surface area contributed by atoms with Gasteiger partial charge in [0.2, 0.25) is 6.10 Å². The number of rotatable bonds is 6. The number of nitrogens with one attached hydrogen (secondary N) is 2. The molecule has 0 fully saturated rings. The van der Waals surface area contributed by atoms with Crippen molar-refractivity contribution in [1.82, 2.24) is 10.3 Å². The van der Waals surface area contributed by atoms with Crippen LogP contribution in [0, 0.1) is 5.82 Å². The van der Waals surface area contributed by atoms with E-state index in [9.17, 15) is 9.18 Å². The molecular formula is C21H20FN3O2. The minimum Gasteiger partial charge on any atom is -0.382 e. The number of fused-ring (bicyclic) bond motifs is 1. The summed E-state index contributed by atoms with van der Waals surface area (Å²) >= 11 is 0. The van der Waals surface area contributed by atoms with E-state index in [0.717, 1.165) is 35.2 Å². The number of benzene rings is 2. The molecule has 138 valence electrons. The average molecular weight is 365 g/mol. The molecule has 0 spiro atoms. The molecule has 0 radical (unpaired) electrons. The molecule has 1 aromatic heterocycles. The Labute approximate surface area is 156 Å². The maximum absolute atomic E-state index is 13.3. The second kappa shape index (κ2) is 7.61. The molecule has 0 saturated heterocycles. The maximum Gasteiger partial charge on any atom is 0.264 e. The summed E-state index contributed by atoms with van der Waals surface area (Å²) in [7, 11) is 0. The minimum absolute atomic E-state index is 0.196. The number of carbonyl (C=O) groups excluding carboxylic acids is 1. The fourth-order valence-corrected chi connectivity index (χ4v) is 3.20. The quantitative estimate of drug-likeness (QED) is 0.699. The van der Waals surface area contributed by atoms with E-state index < -0.39 is 6.10 Å². The van der Waals surface area contributed by atoms with Crippen molar-refractivity contribution in [3.8, 4) is 0 Å². The Morgan fingerprint density at radius 3 is 2.89 bits per heavy atom. The van der Waals surface area contributed by atoms with Gasteiger partial charge in [-0.25, -0.2) is 4.39 Å². The van der Waals surface area contributed by atoms with Crippen molar-refractivity contribution < 1.29 is 14.0 Å². The molecule has 1 aliphatic rings. The van der Waals surface area contributed by atoms with Gasteiger partial charge in [0.15, 0.2) is 0 Å². The molecule has 1 aliphatic heterocycles. The van der Waals surface area contributed by atoms with Gasteiger partial charge in [0, 0.05) is 23.0 Å². The molecule has 1 atom stereocenters. The summed E-state index contributed by atoms with van der Waals surface area (Å²) < 4.78 is 13.3. The number of halogens is 1. The molecule has 0 bridgehead atoms. The lowest BCUT2D eigenvalue weighted by molar-refractivity contribution is -0.131. The third-order valence-corrected chi connectivity index (χ3v) is 4.66. The summed E-state index contributed by atoms with van der Waals surface area (Å²) in [6.07, 6.45) is 1.58. The zero-order valence-corrected chi connectivity index (χ0v) is 14.7.